The average molecular weight is 359 g/mol. The van der Waals surface area contributed by atoms with Gasteiger partial charge in [-0.15, -0.1) is 0 Å². The van der Waals surface area contributed by atoms with Crippen LogP contribution in [-0.4, -0.2) is 19.3 Å². The third-order valence-corrected chi connectivity index (χ3v) is 4.78. The number of aromatic nitrogens is 3. The summed E-state index contributed by atoms with van der Waals surface area (Å²) in [7, 11) is 0. The molecule has 0 aliphatic carbocycles. The molecule has 0 bridgehead atoms. The maximum Gasteiger partial charge on any atom is 0.276 e. The summed E-state index contributed by atoms with van der Waals surface area (Å²) in [6, 6.07) is 17.5. The molecule has 2 aromatic heterocycles. The number of benzene rings is 2. The lowest BCUT2D eigenvalue weighted by Crippen LogP contribution is -2.24. The SMILES string of the molecule is Cc1ccc(-c2cc3c(=O)n(C[C@@H](O)c4ccc(C)cc4)ccn3n2)cc1. The molecule has 136 valence electrons. The summed E-state index contributed by atoms with van der Waals surface area (Å²) in [4.78, 5) is 12.8. The molecular formula is C22H21N3O2. The molecule has 0 saturated heterocycles. The molecule has 2 aromatic carbocycles. The van der Waals surface area contributed by atoms with Crippen molar-refractivity contribution in [2.75, 3.05) is 0 Å². The van der Waals surface area contributed by atoms with E-state index in [-0.39, 0.29) is 12.1 Å². The van der Waals surface area contributed by atoms with E-state index in [1.165, 1.54) is 10.1 Å². The predicted octanol–water partition coefficient (Wildman–Crippen LogP) is 3.51. The summed E-state index contributed by atoms with van der Waals surface area (Å²) in [5, 5.41) is 15.0. The van der Waals surface area contributed by atoms with Gasteiger partial charge in [-0.05, 0) is 25.5 Å². The van der Waals surface area contributed by atoms with Crippen LogP contribution in [0.1, 0.15) is 22.8 Å². The van der Waals surface area contributed by atoms with Crippen LogP contribution in [-0.2, 0) is 6.54 Å². The fraction of sp³-hybridized carbons (Fsp3) is 0.182. The van der Waals surface area contributed by atoms with Gasteiger partial charge in [-0.3, -0.25) is 4.79 Å². The molecule has 1 N–H and O–H groups in total. The Hall–Kier alpha value is -3.18. The Balaban J connectivity index is 1.66. The van der Waals surface area contributed by atoms with E-state index < -0.39 is 6.10 Å². The number of aryl methyl sites for hydroxylation is 2. The zero-order valence-electron chi connectivity index (χ0n) is 15.3. The monoisotopic (exact) mass is 359 g/mol. The Morgan fingerprint density at radius 1 is 0.963 bits per heavy atom. The number of fused-ring (bicyclic) bond motifs is 1. The molecule has 4 aromatic rings. The number of hydrogen-bond donors (Lipinski definition) is 1. The first-order valence-electron chi connectivity index (χ1n) is 8.92. The number of hydrogen-bond acceptors (Lipinski definition) is 3. The van der Waals surface area contributed by atoms with Gasteiger partial charge in [0.25, 0.3) is 5.56 Å². The summed E-state index contributed by atoms with van der Waals surface area (Å²) in [6.07, 6.45) is 2.67. The third kappa shape index (κ3) is 3.41. The van der Waals surface area contributed by atoms with Crippen LogP contribution in [0, 0.1) is 13.8 Å². The molecule has 0 radical (unpaired) electrons. The minimum atomic E-state index is -0.745. The predicted molar refractivity (Wildman–Crippen MR) is 106 cm³/mol. The Labute approximate surface area is 157 Å². The van der Waals surface area contributed by atoms with E-state index >= 15 is 0 Å². The summed E-state index contributed by atoms with van der Waals surface area (Å²) < 4.78 is 3.12. The lowest BCUT2D eigenvalue weighted by Gasteiger charge is -2.13. The second-order valence-corrected chi connectivity index (χ2v) is 6.91. The minimum absolute atomic E-state index is 0.172. The second-order valence-electron chi connectivity index (χ2n) is 6.91. The summed E-state index contributed by atoms with van der Waals surface area (Å²) in [6.45, 7) is 4.23. The van der Waals surface area contributed by atoms with Crippen LogP contribution >= 0.6 is 0 Å². The molecule has 4 rings (SSSR count). The molecule has 2 heterocycles. The quantitative estimate of drug-likeness (QED) is 0.607. The van der Waals surface area contributed by atoms with Crippen LogP contribution in [0.2, 0.25) is 0 Å². The minimum Gasteiger partial charge on any atom is -0.387 e. The Kier molecular flexibility index (Phi) is 4.38. The highest BCUT2D eigenvalue weighted by Gasteiger charge is 2.13. The van der Waals surface area contributed by atoms with Gasteiger partial charge in [0, 0.05) is 18.0 Å². The molecule has 0 saturated carbocycles. The Morgan fingerprint density at radius 3 is 2.26 bits per heavy atom. The van der Waals surface area contributed by atoms with Crippen molar-refractivity contribution < 1.29 is 5.11 Å². The van der Waals surface area contributed by atoms with E-state index in [1.807, 2.05) is 62.4 Å². The number of rotatable bonds is 4. The van der Waals surface area contributed by atoms with Gasteiger partial charge < -0.3 is 9.67 Å². The molecule has 1 atom stereocenters. The molecule has 0 fully saturated rings. The lowest BCUT2D eigenvalue weighted by molar-refractivity contribution is 0.155. The normalized spacial score (nSPS) is 12.4. The van der Waals surface area contributed by atoms with Gasteiger partial charge in [-0.2, -0.15) is 5.10 Å². The van der Waals surface area contributed by atoms with Crippen LogP contribution in [0.25, 0.3) is 16.8 Å². The molecule has 5 heteroatoms. The lowest BCUT2D eigenvalue weighted by atomic mass is 10.1. The van der Waals surface area contributed by atoms with Crippen molar-refractivity contribution in [3.8, 4) is 11.3 Å². The number of aliphatic hydroxyl groups excluding tert-OH is 1. The van der Waals surface area contributed by atoms with Gasteiger partial charge >= 0.3 is 0 Å². The van der Waals surface area contributed by atoms with Crippen molar-refractivity contribution in [3.63, 3.8) is 0 Å². The largest absolute Gasteiger partial charge is 0.387 e. The molecular weight excluding hydrogens is 338 g/mol. The summed E-state index contributed by atoms with van der Waals surface area (Å²) in [5.41, 5.74) is 5.14. The highest BCUT2D eigenvalue weighted by molar-refractivity contribution is 5.65. The van der Waals surface area contributed by atoms with Crippen molar-refractivity contribution in [1.82, 2.24) is 14.2 Å². The van der Waals surface area contributed by atoms with Gasteiger partial charge in [0.2, 0.25) is 0 Å². The topological polar surface area (TPSA) is 59.5 Å². The van der Waals surface area contributed by atoms with E-state index in [9.17, 15) is 9.90 Å². The van der Waals surface area contributed by atoms with Crippen molar-refractivity contribution >= 4 is 5.52 Å². The van der Waals surface area contributed by atoms with E-state index in [0.29, 0.717) is 5.52 Å². The van der Waals surface area contributed by atoms with Crippen molar-refractivity contribution in [2.24, 2.45) is 0 Å². The highest BCUT2D eigenvalue weighted by Crippen LogP contribution is 2.19. The van der Waals surface area contributed by atoms with Gasteiger partial charge in [0.15, 0.2) is 0 Å². The van der Waals surface area contributed by atoms with Crippen molar-refractivity contribution in [1.29, 1.82) is 0 Å². The second kappa shape index (κ2) is 6.85. The first kappa shape index (κ1) is 17.2. The molecule has 0 spiro atoms. The zero-order valence-corrected chi connectivity index (χ0v) is 15.3. The Morgan fingerprint density at radius 2 is 1.59 bits per heavy atom. The summed E-state index contributed by atoms with van der Waals surface area (Å²) in [5.74, 6) is 0. The van der Waals surface area contributed by atoms with E-state index in [4.69, 9.17) is 0 Å². The fourth-order valence-corrected chi connectivity index (χ4v) is 3.12. The van der Waals surface area contributed by atoms with Gasteiger partial charge in [-0.1, -0.05) is 59.7 Å². The van der Waals surface area contributed by atoms with E-state index in [0.717, 1.165) is 22.4 Å². The smallest absolute Gasteiger partial charge is 0.276 e. The standard InChI is InChI=1S/C22H21N3O2/c1-15-3-7-17(8-4-15)19-13-20-22(27)24(11-12-25(20)23-19)14-21(26)18-9-5-16(2)6-10-18/h3-13,21,26H,14H2,1-2H3/t21-/m1/s1. The van der Waals surface area contributed by atoms with Crippen LogP contribution in [0.5, 0.6) is 0 Å². The highest BCUT2D eigenvalue weighted by atomic mass is 16.3. The van der Waals surface area contributed by atoms with Crippen molar-refractivity contribution in [2.45, 2.75) is 26.5 Å². The molecule has 5 nitrogen and oxygen atoms in total. The molecule has 0 aliphatic heterocycles. The van der Waals surface area contributed by atoms with Crippen LogP contribution in [0.15, 0.2) is 71.8 Å². The molecule has 0 unspecified atom stereocenters. The number of nitrogens with zero attached hydrogens (tertiary/aromatic N) is 3. The maximum absolute atomic E-state index is 12.8. The maximum atomic E-state index is 12.8. The number of aliphatic hydroxyl groups is 1. The van der Waals surface area contributed by atoms with E-state index in [1.54, 1.807) is 23.0 Å². The summed E-state index contributed by atoms with van der Waals surface area (Å²) >= 11 is 0. The van der Waals surface area contributed by atoms with Gasteiger partial charge in [-0.25, -0.2) is 4.52 Å². The zero-order chi connectivity index (χ0) is 19.0. The first-order chi connectivity index (χ1) is 13.0. The fourth-order valence-electron chi connectivity index (χ4n) is 3.12. The van der Waals surface area contributed by atoms with Gasteiger partial charge in [0.05, 0.1) is 18.3 Å². The van der Waals surface area contributed by atoms with E-state index in [2.05, 4.69) is 5.10 Å². The van der Waals surface area contributed by atoms with Crippen LogP contribution in [0.4, 0.5) is 0 Å². The van der Waals surface area contributed by atoms with Crippen LogP contribution < -0.4 is 5.56 Å². The molecule has 0 amide bonds. The first-order valence-corrected chi connectivity index (χ1v) is 8.92. The average Bonchev–Trinajstić information content (AvgIpc) is 3.10. The molecule has 0 aliphatic rings. The van der Waals surface area contributed by atoms with Crippen LogP contribution in [0.3, 0.4) is 0 Å². The third-order valence-electron chi connectivity index (χ3n) is 4.78. The van der Waals surface area contributed by atoms with Gasteiger partial charge in [0.1, 0.15) is 5.52 Å². The van der Waals surface area contributed by atoms with Crippen molar-refractivity contribution in [3.05, 3.63) is 94.0 Å². The molecule has 27 heavy (non-hydrogen) atoms. The Bertz CT molecular complexity index is 1140.